The average molecular weight is 226 g/mol. The van der Waals surface area contributed by atoms with Crippen molar-refractivity contribution in [1.82, 2.24) is 0 Å². The van der Waals surface area contributed by atoms with Gasteiger partial charge in [0, 0.05) is 0 Å². The highest BCUT2D eigenvalue weighted by molar-refractivity contribution is 5.52. The van der Waals surface area contributed by atoms with E-state index < -0.39 is 0 Å². The molecule has 1 aliphatic carbocycles. The molecule has 0 radical (unpaired) electrons. The summed E-state index contributed by atoms with van der Waals surface area (Å²) in [5.74, 6) is 0. The second kappa shape index (κ2) is 7.67. The van der Waals surface area contributed by atoms with E-state index in [2.05, 4.69) is 49.6 Å². The van der Waals surface area contributed by atoms with Crippen LogP contribution in [-0.4, -0.2) is 0 Å². The predicted octanol–water partition coefficient (Wildman–Crippen LogP) is 5.39. The molecule has 0 bridgehead atoms. The molecule has 1 aromatic carbocycles. The van der Waals surface area contributed by atoms with Crippen LogP contribution in [0.3, 0.4) is 0 Å². The van der Waals surface area contributed by atoms with Gasteiger partial charge in [0.1, 0.15) is 0 Å². The van der Waals surface area contributed by atoms with Crippen LogP contribution in [0.5, 0.6) is 0 Å². The third-order valence-corrected chi connectivity index (χ3v) is 2.76. The molecule has 0 aromatic heterocycles. The van der Waals surface area contributed by atoms with E-state index in [4.69, 9.17) is 0 Å². The van der Waals surface area contributed by atoms with Crippen LogP contribution < -0.4 is 0 Å². The maximum Gasteiger partial charge on any atom is -0.0257 e. The van der Waals surface area contributed by atoms with E-state index in [0.29, 0.717) is 0 Å². The fourth-order valence-electron chi connectivity index (χ4n) is 1.76. The fourth-order valence-corrected chi connectivity index (χ4v) is 1.76. The topological polar surface area (TPSA) is 0 Å². The molecule has 0 heterocycles. The van der Waals surface area contributed by atoms with Crippen LogP contribution in [-0.2, 0) is 0 Å². The van der Waals surface area contributed by atoms with E-state index in [1.165, 1.54) is 31.2 Å². The Labute approximate surface area is 105 Å². The van der Waals surface area contributed by atoms with E-state index in [1.54, 1.807) is 11.6 Å². The van der Waals surface area contributed by atoms with Crippen LogP contribution in [0.4, 0.5) is 0 Å². The lowest BCUT2D eigenvalue weighted by Gasteiger charge is -1.95. The van der Waals surface area contributed by atoms with Gasteiger partial charge in [-0.15, -0.1) is 0 Å². The number of rotatable bonds is 2. The molecule has 0 unspecified atom stereocenters. The number of allylic oxidation sites excluding steroid dienone is 3. The highest BCUT2D eigenvalue weighted by Crippen LogP contribution is 2.25. The van der Waals surface area contributed by atoms with Gasteiger partial charge in [0.05, 0.1) is 0 Å². The van der Waals surface area contributed by atoms with Crippen LogP contribution in [0.15, 0.2) is 60.7 Å². The van der Waals surface area contributed by atoms with Gasteiger partial charge in [-0.05, 0) is 38.2 Å². The Morgan fingerprint density at radius 3 is 2.12 bits per heavy atom. The van der Waals surface area contributed by atoms with Gasteiger partial charge in [-0.1, -0.05) is 66.8 Å². The molecule has 0 N–H and O–H groups in total. The number of benzene rings is 1. The summed E-state index contributed by atoms with van der Waals surface area (Å²) in [5.41, 5.74) is 4.00. The van der Waals surface area contributed by atoms with Gasteiger partial charge in [-0.3, -0.25) is 0 Å². The largest absolute Gasteiger partial charge is 0.0988 e. The minimum Gasteiger partial charge on any atom is -0.0988 e. The van der Waals surface area contributed by atoms with Crippen molar-refractivity contribution in [1.29, 1.82) is 0 Å². The van der Waals surface area contributed by atoms with E-state index in [0.717, 1.165) is 5.57 Å². The highest BCUT2D eigenvalue weighted by Gasteiger charge is 2.05. The zero-order valence-electron chi connectivity index (χ0n) is 10.8. The average Bonchev–Trinajstić information content (AvgIpc) is 2.84. The Morgan fingerprint density at radius 1 is 1.12 bits per heavy atom. The molecule has 0 amide bonds. The van der Waals surface area contributed by atoms with Gasteiger partial charge in [0.2, 0.25) is 0 Å². The van der Waals surface area contributed by atoms with Gasteiger partial charge in [-0.25, -0.2) is 0 Å². The van der Waals surface area contributed by atoms with Crippen molar-refractivity contribution in [2.24, 2.45) is 0 Å². The van der Waals surface area contributed by atoms with Crippen LogP contribution in [0.2, 0.25) is 0 Å². The Balaban J connectivity index is 0.000000249. The van der Waals surface area contributed by atoms with Gasteiger partial charge in [0.15, 0.2) is 0 Å². The summed E-state index contributed by atoms with van der Waals surface area (Å²) in [6, 6.07) is 10.6. The second-order valence-corrected chi connectivity index (χ2v) is 4.47. The Kier molecular flexibility index (Phi) is 6.09. The zero-order valence-corrected chi connectivity index (χ0v) is 10.8. The summed E-state index contributed by atoms with van der Waals surface area (Å²) in [6.07, 6.45) is 9.47. The Hall–Kier alpha value is -1.56. The SMILES string of the molecule is C(=C1CCCC1)c1ccccc1.C=CC(=C)C. The van der Waals surface area contributed by atoms with E-state index in [1.807, 2.05) is 6.92 Å². The molecule has 0 saturated heterocycles. The van der Waals surface area contributed by atoms with Gasteiger partial charge < -0.3 is 0 Å². The van der Waals surface area contributed by atoms with Crippen molar-refractivity contribution in [2.45, 2.75) is 32.6 Å². The van der Waals surface area contributed by atoms with Crippen molar-refractivity contribution in [3.05, 3.63) is 66.3 Å². The van der Waals surface area contributed by atoms with Crippen molar-refractivity contribution in [2.75, 3.05) is 0 Å². The lowest BCUT2D eigenvalue weighted by atomic mass is 10.1. The molecular weight excluding hydrogens is 204 g/mol. The fraction of sp³-hybridized carbons (Fsp3) is 0.294. The minimum absolute atomic E-state index is 1.02. The zero-order chi connectivity index (χ0) is 12.5. The molecule has 1 aromatic rings. The molecule has 0 nitrogen and oxygen atoms in total. The van der Waals surface area contributed by atoms with E-state index in [9.17, 15) is 0 Å². The molecular formula is C17H22. The van der Waals surface area contributed by atoms with Crippen LogP contribution >= 0.6 is 0 Å². The monoisotopic (exact) mass is 226 g/mol. The summed E-state index contributed by atoms with van der Waals surface area (Å²) in [7, 11) is 0. The van der Waals surface area contributed by atoms with Crippen LogP contribution in [0.1, 0.15) is 38.2 Å². The van der Waals surface area contributed by atoms with Crippen molar-refractivity contribution >= 4 is 6.08 Å². The second-order valence-electron chi connectivity index (χ2n) is 4.47. The molecule has 17 heavy (non-hydrogen) atoms. The van der Waals surface area contributed by atoms with Gasteiger partial charge >= 0.3 is 0 Å². The normalized spacial score (nSPS) is 13.6. The van der Waals surface area contributed by atoms with Crippen molar-refractivity contribution in [3.63, 3.8) is 0 Å². The number of hydrogen-bond acceptors (Lipinski definition) is 0. The third kappa shape index (κ3) is 5.91. The van der Waals surface area contributed by atoms with Gasteiger partial charge in [0.25, 0.3) is 0 Å². The molecule has 0 heteroatoms. The van der Waals surface area contributed by atoms with Crippen molar-refractivity contribution in [3.8, 4) is 0 Å². The predicted molar refractivity (Wildman–Crippen MR) is 77.9 cm³/mol. The molecule has 1 aliphatic rings. The van der Waals surface area contributed by atoms with Gasteiger partial charge in [-0.2, -0.15) is 0 Å². The summed E-state index contributed by atoms with van der Waals surface area (Å²) in [6.45, 7) is 8.93. The summed E-state index contributed by atoms with van der Waals surface area (Å²) >= 11 is 0. The van der Waals surface area contributed by atoms with E-state index >= 15 is 0 Å². The maximum atomic E-state index is 3.56. The minimum atomic E-state index is 1.02. The first-order valence-electron chi connectivity index (χ1n) is 6.25. The standard InChI is InChI=1S/C12H14.C5H8/c1-2-6-11(7-3-1)10-12-8-4-5-9-12;1-4-5(2)3/h1-3,6-7,10H,4-5,8-9H2;4H,1-2H2,3H3. The molecule has 0 aliphatic heterocycles. The van der Waals surface area contributed by atoms with E-state index in [-0.39, 0.29) is 0 Å². The van der Waals surface area contributed by atoms with Crippen molar-refractivity contribution < 1.29 is 0 Å². The summed E-state index contributed by atoms with van der Waals surface area (Å²) in [4.78, 5) is 0. The Bertz CT molecular complexity index is 374. The molecule has 1 saturated carbocycles. The lowest BCUT2D eigenvalue weighted by molar-refractivity contribution is 0.886. The smallest absolute Gasteiger partial charge is 0.0257 e. The quantitative estimate of drug-likeness (QED) is 0.593. The molecule has 0 spiro atoms. The van der Waals surface area contributed by atoms with Crippen LogP contribution in [0.25, 0.3) is 6.08 Å². The summed E-state index contributed by atoms with van der Waals surface area (Å²) in [5, 5.41) is 0. The molecule has 90 valence electrons. The molecule has 1 fully saturated rings. The molecule has 2 rings (SSSR count). The van der Waals surface area contributed by atoms with Crippen LogP contribution in [0, 0.1) is 0 Å². The third-order valence-electron chi connectivity index (χ3n) is 2.76. The first-order chi connectivity index (χ1) is 8.22. The Morgan fingerprint density at radius 2 is 1.65 bits per heavy atom. The first kappa shape index (κ1) is 13.5. The highest BCUT2D eigenvalue weighted by atomic mass is 14.1. The number of hydrogen-bond donors (Lipinski definition) is 0. The molecule has 0 atom stereocenters. The first-order valence-corrected chi connectivity index (χ1v) is 6.25. The lowest BCUT2D eigenvalue weighted by Crippen LogP contribution is -1.73. The summed E-state index contributed by atoms with van der Waals surface area (Å²) < 4.78 is 0. The maximum absolute atomic E-state index is 3.56.